The number of aryl methyl sites for hydroxylation is 2. The topological polar surface area (TPSA) is 61.8 Å². The van der Waals surface area contributed by atoms with E-state index in [2.05, 4.69) is 41.4 Å². The fraction of sp³-hybridized carbons (Fsp3) is 0.500. The minimum absolute atomic E-state index is 0.402. The molecule has 0 saturated heterocycles. The number of phenolic OH excluding ortho intramolecular Hbond substituents is 1. The second-order valence-electron chi connectivity index (χ2n) is 9.01. The Morgan fingerprint density at radius 3 is 2.03 bits per heavy atom. The van der Waals surface area contributed by atoms with Gasteiger partial charge in [0.15, 0.2) is 0 Å². The predicted molar refractivity (Wildman–Crippen MR) is 134 cm³/mol. The molecule has 3 aromatic rings. The van der Waals surface area contributed by atoms with Crippen molar-refractivity contribution in [3.63, 3.8) is 0 Å². The molecule has 0 unspecified atom stereocenters. The van der Waals surface area contributed by atoms with Crippen LogP contribution in [0.5, 0.6) is 5.75 Å². The van der Waals surface area contributed by atoms with Gasteiger partial charge in [-0.25, -0.2) is 0 Å². The highest BCUT2D eigenvalue weighted by atomic mass is 16.3. The van der Waals surface area contributed by atoms with Crippen molar-refractivity contribution in [3.8, 4) is 28.1 Å². The normalized spacial score (nSPS) is 11.2. The summed E-state index contributed by atoms with van der Waals surface area (Å²) in [4.78, 5) is 0. The molecule has 32 heavy (non-hydrogen) atoms. The van der Waals surface area contributed by atoms with E-state index in [4.69, 9.17) is 0 Å². The second-order valence-corrected chi connectivity index (χ2v) is 9.01. The van der Waals surface area contributed by atoms with Gasteiger partial charge in [0.25, 0.3) is 0 Å². The van der Waals surface area contributed by atoms with E-state index >= 15 is 0 Å². The second kappa shape index (κ2) is 13.0. The molecule has 4 nitrogen and oxygen atoms in total. The maximum atomic E-state index is 11.1. The molecule has 2 aromatic carbocycles. The summed E-state index contributed by atoms with van der Waals surface area (Å²) in [7, 11) is 0. The molecule has 1 aromatic heterocycles. The van der Waals surface area contributed by atoms with Crippen molar-refractivity contribution in [1.29, 1.82) is 0 Å². The third-order valence-corrected chi connectivity index (χ3v) is 6.29. The first kappa shape index (κ1) is 24.0. The number of hydrogen-bond donors (Lipinski definition) is 2. The lowest BCUT2D eigenvalue weighted by Crippen LogP contribution is -1.93. The largest absolute Gasteiger partial charge is 0.507 e. The molecule has 0 aliphatic carbocycles. The molecule has 0 atom stereocenters. The summed E-state index contributed by atoms with van der Waals surface area (Å²) >= 11 is 0. The van der Waals surface area contributed by atoms with Crippen LogP contribution in [0.4, 0.5) is 0 Å². The lowest BCUT2D eigenvalue weighted by atomic mass is 9.92. The van der Waals surface area contributed by atoms with Crippen LogP contribution in [0.15, 0.2) is 42.6 Å². The summed E-state index contributed by atoms with van der Waals surface area (Å²) in [6.07, 6.45) is 17.3. The van der Waals surface area contributed by atoms with E-state index in [1.807, 2.05) is 24.3 Å². The molecule has 0 fully saturated rings. The molecule has 172 valence electrons. The molecule has 0 radical (unpaired) electrons. The number of nitrogens with one attached hydrogen (secondary N) is 1. The van der Waals surface area contributed by atoms with Crippen LogP contribution in [0.2, 0.25) is 0 Å². The van der Waals surface area contributed by atoms with Gasteiger partial charge in [-0.15, -0.1) is 0 Å². The van der Waals surface area contributed by atoms with Crippen molar-refractivity contribution in [1.82, 2.24) is 15.4 Å². The monoisotopic (exact) mass is 433 g/mol. The van der Waals surface area contributed by atoms with Crippen LogP contribution < -0.4 is 0 Å². The lowest BCUT2D eigenvalue weighted by Gasteiger charge is -2.14. The minimum Gasteiger partial charge on any atom is -0.507 e. The summed E-state index contributed by atoms with van der Waals surface area (Å²) in [5, 5.41) is 22.0. The maximum Gasteiger partial charge on any atom is 0.126 e. The molecular formula is C28H39N3O. The molecule has 0 amide bonds. The van der Waals surface area contributed by atoms with E-state index in [1.165, 1.54) is 69.8 Å². The van der Waals surface area contributed by atoms with Gasteiger partial charge in [-0.1, -0.05) is 101 Å². The molecule has 1 heterocycles. The van der Waals surface area contributed by atoms with E-state index in [-0.39, 0.29) is 0 Å². The van der Waals surface area contributed by atoms with E-state index in [1.54, 1.807) is 6.20 Å². The Labute approximate surface area is 193 Å². The molecular weight excluding hydrogens is 394 g/mol. The Hall–Kier alpha value is -2.62. The summed E-state index contributed by atoms with van der Waals surface area (Å²) in [5.41, 5.74) is 5.84. The first-order valence-electron chi connectivity index (χ1n) is 12.5. The van der Waals surface area contributed by atoms with Gasteiger partial charge >= 0.3 is 0 Å². The number of hydrogen-bond acceptors (Lipinski definition) is 3. The molecule has 0 saturated carbocycles. The number of unbranched alkanes of at least 4 members (excludes halogenated alkanes) is 10. The quantitative estimate of drug-likeness (QED) is 0.253. The lowest BCUT2D eigenvalue weighted by molar-refractivity contribution is 0.467. The summed E-state index contributed by atoms with van der Waals surface area (Å²) < 4.78 is 0. The summed E-state index contributed by atoms with van der Waals surface area (Å²) in [6, 6.07) is 12.3. The van der Waals surface area contributed by atoms with Crippen molar-refractivity contribution in [3.05, 3.63) is 53.7 Å². The van der Waals surface area contributed by atoms with Crippen molar-refractivity contribution in [2.24, 2.45) is 0 Å². The number of benzene rings is 2. The third kappa shape index (κ3) is 6.94. The number of H-pyrrole nitrogens is 1. The van der Waals surface area contributed by atoms with Gasteiger partial charge in [-0.05, 0) is 42.5 Å². The highest BCUT2D eigenvalue weighted by Gasteiger charge is 2.15. The number of aromatic nitrogens is 3. The van der Waals surface area contributed by atoms with Gasteiger partial charge in [0, 0.05) is 11.1 Å². The van der Waals surface area contributed by atoms with Gasteiger partial charge in [-0.2, -0.15) is 15.4 Å². The van der Waals surface area contributed by atoms with Gasteiger partial charge < -0.3 is 5.11 Å². The van der Waals surface area contributed by atoms with E-state index < -0.39 is 0 Å². The van der Waals surface area contributed by atoms with Gasteiger partial charge in [-0.3, -0.25) is 0 Å². The highest BCUT2D eigenvalue weighted by molar-refractivity contribution is 5.85. The standard InChI is InChI=1S/C28H39N3O/c1-3-4-5-6-7-8-9-10-11-12-13-16-23-19-22(2)20-26(28(23)32)24-17-14-15-18-25(24)27-21-29-31-30-27/h14-15,17-21,32H,3-13,16H2,1-2H3,(H,29,30,31). The zero-order chi connectivity index (χ0) is 22.6. The maximum absolute atomic E-state index is 11.1. The number of aromatic hydroxyl groups is 1. The fourth-order valence-corrected chi connectivity index (χ4v) is 4.50. The SMILES string of the molecule is CCCCCCCCCCCCCc1cc(C)cc(-c2ccccc2-c2cn[nH]n2)c1O. The Bertz CT molecular complexity index is 934. The van der Waals surface area contributed by atoms with Crippen molar-refractivity contribution in [2.75, 3.05) is 0 Å². The van der Waals surface area contributed by atoms with Crippen LogP contribution in [0, 0.1) is 6.92 Å². The van der Waals surface area contributed by atoms with E-state index in [9.17, 15) is 5.11 Å². The zero-order valence-corrected chi connectivity index (χ0v) is 19.9. The molecule has 0 bridgehead atoms. The molecule has 4 heteroatoms. The van der Waals surface area contributed by atoms with Gasteiger partial charge in [0.2, 0.25) is 0 Å². The van der Waals surface area contributed by atoms with Crippen molar-refractivity contribution in [2.45, 2.75) is 90.9 Å². The van der Waals surface area contributed by atoms with Crippen LogP contribution in [-0.2, 0) is 6.42 Å². The van der Waals surface area contributed by atoms with Gasteiger partial charge in [0.1, 0.15) is 11.4 Å². The molecule has 3 rings (SSSR count). The van der Waals surface area contributed by atoms with E-state index in [0.29, 0.717) is 5.75 Å². The first-order chi connectivity index (χ1) is 15.7. The molecule has 0 spiro atoms. The number of rotatable bonds is 14. The number of aromatic amines is 1. The minimum atomic E-state index is 0.402. The van der Waals surface area contributed by atoms with Crippen molar-refractivity contribution < 1.29 is 5.11 Å². The first-order valence-corrected chi connectivity index (χ1v) is 12.5. The number of phenols is 1. The summed E-state index contributed by atoms with van der Waals surface area (Å²) in [6.45, 7) is 4.38. The smallest absolute Gasteiger partial charge is 0.126 e. The van der Waals surface area contributed by atoms with Crippen LogP contribution in [0.1, 0.15) is 88.7 Å². The average Bonchev–Trinajstić information content (AvgIpc) is 3.34. The molecule has 0 aliphatic heterocycles. The number of nitrogens with zero attached hydrogens (tertiary/aromatic N) is 2. The van der Waals surface area contributed by atoms with Crippen LogP contribution >= 0.6 is 0 Å². The van der Waals surface area contributed by atoms with Crippen LogP contribution in [-0.4, -0.2) is 20.5 Å². The third-order valence-electron chi connectivity index (χ3n) is 6.29. The predicted octanol–water partition coefficient (Wildman–Crippen LogP) is 8.01. The average molecular weight is 434 g/mol. The van der Waals surface area contributed by atoms with Gasteiger partial charge in [0.05, 0.1) is 6.20 Å². The molecule has 2 N–H and O–H groups in total. The zero-order valence-electron chi connectivity index (χ0n) is 19.9. The molecule has 0 aliphatic rings. The van der Waals surface area contributed by atoms with Crippen LogP contribution in [0.3, 0.4) is 0 Å². The summed E-state index contributed by atoms with van der Waals surface area (Å²) in [5.74, 6) is 0.402. The van der Waals surface area contributed by atoms with Crippen LogP contribution in [0.25, 0.3) is 22.4 Å². The Balaban J connectivity index is 1.53. The Kier molecular flexibility index (Phi) is 9.80. The van der Waals surface area contributed by atoms with E-state index in [0.717, 1.165) is 40.8 Å². The highest BCUT2D eigenvalue weighted by Crippen LogP contribution is 2.39. The van der Waals surface area contributed by atoms with Crippen molar-refractivity contribution >= 4 is 0 Å². The fourth-order valence-electron chi connectivity index (χ4n) is 4.50. The Morgan fingerprint density at radius 2 is 1.41 bits per heavy atom. The Morgan fingerprint density at radius 1 is 0.781 bits per heavy atom.